The quantitative estimate of drug-likeness (QED) is 0.588. The zero-order valence-electron chi connectivity index (χ0n) is 13.3. The smallest absolute Gasteiger partial charge is 0.271 e. The van der Waals surface area contributed by atoms with E-state index in [-0.39, 0.29) is 18.4 Å². The van der Waals surface area contributed by atoms with Gasteiger partial charge < -0.3 is 19.3 Å². The van der Waals surface area contributed by atoms with Crippen molar-refractivity contribution < 1.29 is 24.1 Å². The summed E-state index contributed by atoms with van der Waals surface area (Å²) in [6.45, 7) is 2.39. The lowest BCUT2D eigenvalue weighted by molar-refractivity contribution is 0.0954. The number of hydrazone groups is 1. The van der Waals surface area contributed by atoms with Gasteiger partial charge in [-0.05, 0) is 58.7 Å². The molecule has 130 valence electrons. The number of nitrogens with zero attached hydrogens (tertiary/aromatic N) is 1. The molecule has 0 bridgehead atoms. The highest BCUT2D eigenvalue weighted by atomic mass is 79.9. The number of carbonyl (C=O) groups is 1. The Morgan fingerprint density at radius 3 is 2.96 bits per heavy atom. The van der Waals surface area contributed by atoms with Crippen LogP contribution < -0.4 is 19.6 Å². The number of phenols is 1. The van der Waals surface area contributed by atoms with E-state index in [2.05, 4.69) is 26.5 Å². The summed E-state index contributed by atoms with van der Waals surface area (Å²) in [7, 11) is 0. The van der Waals surface area contributed by atoms with Crippen molar-refractivity contribution in [2.45, 2.75) is 6.92 Å². The second kappa shape index (κ2) is 7.43. The number of rotatable bonds is 5. The van der Waals surface area contributed by atoms with Crippen molar-refractivity contribution in [3.05, 3.63) is 45.9 Å². The van der Waals surface area contributed by atoms with Crippen LogP contribution in [-0.4, -0.2) is 30.6 Å². The molecule has 1 amide bonds. The van der Waals surface area contributed by atoms with Crippen LogP contribution in [0.3, 0.4) is 0 Å². The minimum atomic E-state index is -0.377. The lowest BCUT2D eigenvalue weighted by atomic mass is 10.2. The molecule has 1 aliphatic rings. The number of nitrogens with one attached hydrogen (secondary N) is 1. The van der Waals surface area contributed by atoms with Crippen LogP contribution in [0.2, 0.25) is 0 Å². The van der Waals surface area contributed by atoms with E-state index in [1.807, 2.05) is 6.92 Å². The van der Waals surface area contributed by atoms with Gasteiger partial charge in [0.1, 0.15) is 0 Å². The molecule has 0 spiro atoms. The van der Waals surface area contributed by atoms with Crippen LogP contribution in [0.4, 0.5) is 0 Å². The van der Waals surface area contributed by atoms with Gasteiger partial charge in [-0.2, -0.15) is 5.10 Å². The number of hydrogen-bond donors (Lipinski definition) is 2. The summed E-state index contributed by atoms with van der Waals surface area (Å²) in [6, 6.07) is 8.18. The van der Waals surface area contributed by atoms with Crippen molar-refractivity contribution in [1.82, 2.24) is 5.43 Å². The van der Waals surface area contributed by atoms with E-state index in [9.17, 15) is 9.90 Å². The predicted molar refractivity (Wildman–Crippen MR) is 94.6 cm³/mol. The van der Waals surface area contributed by atoms with Gasteiger partial charge in [-0.1, -0.05) is 0 Å². The van der Waals surface area contributed by atoms with Crippen molar-refractivity contribution in [3.63, 3.8) is 0 Å². The first kappa shape index (κ1) is 17.1. The van der Waals surface area contributed by atoms with Crippen molar-refractivity contribution in [3.8, 4) is 23.0 Å². The van der Waals surface area contributed by atoms with Gasteiger partial charge in [-0.15, -0.1) is 0 Å². The Kier molecular flexibility index (Phi) is 5.08. The molecule has 1 heterocycles. The van der Waals surface area contributed by atoms with Crippen LogP contribution in [0, 0.1) is 0 Å². The van der Waals surface area contributed by atoms with Crippen LogP contribution in [0.25, 0.3) is 0 Å². The third-order valence-corrected chi connectivity index (χ3v) is 3.97. The number of hydrogen-bond acceptors (Lipinski definition) is 6. The Morgan fingerprint density at radius 1 is 1.36 bits per heavy atom. The normalized spacial score (nSPS) is 12.4. The topological polar surface area (TPSA) is 89.4 Å². The van der Waals surface area contributed by atoms with Gasteiger partial charge in [-0.3, -0.25) is 4.79 Å². The molecule has 0 saturated carbocycles. The lowest BCUT2D eigenvalue weighted by Gasteiger charge is -2.08. The molecule has 0 unspecified atom stereocenters. The third kappa shape index (κ3) is 3.85. The Bertz CT molecular complexity index is 838. The first-order valence-electron chi connectivity index (χ1n) is 7.47. The summed E-state index contributed by atoms with van der Waals surface area (Å²) < 4.78 is 16.3. The van der Waals surface area contributed by atoms with Crippen LogP contribution in [0.1, 0.15) is 22.8 Å². The summed E-state index contributed by atoms with van der Waals surface area (Å²) in [5.74, 6) is 1.11. The molecule has 0 saturated heterocycles. The van der Waals surface area contributed by atoms with Crippen LogP contribution in [0.5, 0.6) is 23.0 Å². The van der Waals surface area contributed by atoms with Gasteiger partial charge in [0.2, 0.25) is 6.79 Å². The van der Waals surface area contributed by atoms with Crippen LogP contribution >= 0.6 is 15.9 Å². The fraction of sp³-hybridized carbons (Fsp3) is 0.176. The van der Waals surface area contributed by atoms with Gasteiger partial charge in [0.15, 0.2) is 23.0 Å². The Balaban J connectivity index is 1.69. The van der Waals surface area contributed by atoms with E-state index in [4.69, 9.17) is 14.2 Å². The average molecular weight is 407 g/mol. The predicted octanol–water partition coefficient (Wildman–Crippen LogP) is 3.05. The van der Waals surface area contributed by atoms with Gasteiger partial charge in [0, 0.05) is 5.56 Å². The second-order valence-electron chi connectivity index (χ2n) is 5.05. The number of halogens is 1. The van der Waals surface area contributed by atoms with Crippen molar-refractivity contribution in [1.29, 1.82) is 0 Å². The molecule has 1 aliphatic heterocycles. The Labute approximate surface area is 152 Å². The summed E-state index contributed by atoms with van der Waals surface area (Å²) in [6.07, 6.45) is 1.46. The molecule has 25 heavy (non-hydrogen) atoms. The zero-order chi connectivity index (χ0) is 17.8. The molecule has 8 heteroatoms. The fourth-order valence-corrected chi connectivity index (χ4v) is 2.66. The zero-order valence-corrected chi connectivity index (χ0v) is 14.9. The molecule has 2 aromatic rings. The third-order valence-electron chi connectivity index (χ3n) is 3.37. The highest BCUT2D eigenvalue weighted by Gasteiger charge is 2.16. The number of amides is 1. The first-order chi connectivity index (χ1) is 12.1. The summed E-state index contributed by atoms with van der Waals surface area (Å²) in [5, 5.41) is 13.8. The molecule has 0 atom stereocenters. The van der Waals surface area contributed by atoms with Gasteiger partial charge in [-0.25, -0.2) is 5.43 Å². The molecule has 0 radical (unpaired) electrons. The van der Waals surface area contributed by atoms with E-state index < -0.39 is 0 Å². The van der Waals surface area contributed by atoms with Crippen LogP contribution in [0.15, 0.2) is 39.9 Å². The molecule has 0 aromatic heterocycles. The molecule has 0 fully saturated rings. The van der Waals surface area contributed by atoms with Gasteiger partial charge in [0.25, 0.3) is 5.91 Å². The Morgan fingerprint density at radius 2 is 2.16 bits per heavy atom. The number of benzene rings is 2. The van der Waals surface area contributed by atoms with E-state index in [0.717, 1.165) is 0 Å². The SMILES string of the molecule is CCOc1cc(/C=N/NC(=O)c2ccc3c(c2)OCO3)cc(Br)c1O. The number of phenolic OH excluding ortho intramolecular Hbond substituents is 1. The molecule has 3 rings (SSSR count). The molecule has 2 aromatic carbocycles. The number of ether oxygens (including phenoxy) is 3. The molecular weight excluding hydrogens is 392 g/mol. The van der Waals surface area contributed by atoms with Crippen molar-refractivity contribution >= 4 is 28.1 Å². The molecule has 7 nitrogen and oxygen atoms in total. The maximum atomic E-state index is 12.1. The van der Waals surface area contributed by atoms with Crippen molar-refractivity contribution in [2.24, 2.45) is 5.10 Å². The monoisotopic (exact) mass is 406 g/mol. The minimum Gasteiger partial charge on any atom is -0.503 e. The highest BCUT2D eigenvalue weighted by molar-refractivity contribution is 9.10. The molecule has 2 N–H and O–H groups in total. The van der Waals surface area contributed by atoms with E-state index >= 15 is 0 Å². The molecule has 0 aliphatic carbocycles. The average Bonchev–Trinajstić information content (AvgIpc) is 3.07. The van der Waals surface area contributed by atoms with Crippen molar-refractivity contribution in [2.75, 3.05) is 13.4 Å². The Hall–Kier alpha value is -2.74. The number of carbonyl (C=O) groups excluding carboxylic acids is 1. The highest BCUT2D eigenvalue weighted by Crippen LogP contribution is 2.35. The van der Waals surface area contributed by atoms with E-state index in [0.29, 0.717) is 39.5 Å². The first-order valence-corrected chi connectivity index (χ1v) is 8.26. The van der Waals surface area contributed by atoms with Gasteiger partial charge in [0.05, 0.1) is 17.3 Å². The minimum absolute atomic E-state index is 0.0170. The second-order valence-corrected chi connectivity index (χ2v) is 5.90. The summed E-state index contributed by atoms with van der Waals surface area (Å²) in [5.41, 5.74) is 3.50. The van der Waals surface area contributed by atoms with E-state index in [1.54, 1.807) is 30.3 Å². The lowest BCUT2D eigenvalue weighted by Crippen LogP contribution is -2.17. The fourth-order valence-electron chi connectivity index (χ4n) is 2.20. The standard InChI is InChI=1S/C17H15BrN2O5/c1-2-23-15-6-10(5-12(18)16(15)21)8-19-20-17(22)11-3-4-13-14(7-11)25-9-24-13/h3-8,21H,2,9H2,1H3,(H,20,22)/b19-8+. The molecular formula is C17H15BrN2O5. The number of fused-ring (bicyclic) bond motifs is 1. The maximum Gasteiger partial charge on any atom is 0.271 e. The van der Waals surface area contributed by atoms with Gasteiger partial charge >= 0.3 is 0 Å². The summed E-state index contributed by atoms with van der Waals surface area (Å²) in [4.78, 5) is 12.1. The maximum absolute atomic E-state index is 12.1. The van der Waals surface area contributed by atoms with E-state index in [1.165, 1.54) is 6.21 Å². The summed E-state index contributed by atoms with van der Waals surface area (Å²) >= 11 is 3.25. The van der Waals surface area contributed by atoms with Crippen LogP contribution in [-0.2, 0) is 0 Å². The largest absolute Gasteiger partial charge is 0.503 e. The number of aromatic hydroxyl groups is 1.